The highest BCUT2D eigenvalue weighted by Crippen LogP contribution is 2.29. The molecular formula is C13H23N3O4. The van der Waals surface area contributed by atoms with Crippen molar-refractivity contribution in [3.05, 3.63) is 0 Å². The third-order valence-electron chi connectivity index (χ3n) is 3.90. The predicted octanol–water partition coefficient (Wildman–Crippen LogP) is -0.442. The van der Waals surface area contributed by atoms with Gasteiger partial charge in [-0.3, -0.25) is 4.90 Å². The van der Waals surface area contributed by atoms with Crippen LogP contribution in [-0.4, -0.2) is 76.9 Å². The summed E-state index contributed by atoms with van der Waals surface area (Å²) in [5, 5.41) is 20.7. The number of hydrogen-bond acceptors (Lipinski definition) is 4. The normalized spacial score (nSPS) is 23.2. The van der Waals surface area contributed by atoms with Crippen LogP contribution in [0.5, 0.6) is 0 Å². The van der Waals surface area contributed by atoms with Crippen LogP contribution >= 0.6 is 0 Å². The van der Waals surface area contributed by atoms with Crippen LogP contribution in [0.2, 0.25) is 0 Å². The van der Waals surface area contributed by atoms with Crippen LogP contribution in [0.1, 0.15) is 19.8 Å². The molecule has 20 heavy (non-hydrogen) atoms. The second-order valence-corrected chi connectivity index (χ2v) is 5.74. The van der Waals surface area contributed by atoms with Crippen molar-refractivity contribution in [3.8, 4) is 0 Å². The highest BCUT2D eigenvalue weighted by molar-refractivity contribution is 5.83. The van der Waals surface area contributed by atoms with Crippen LogP contribution in [0.4, 0.5) is 4.79 Å². The van der Waals surface area contributed by atoms with E-state index in [1.54, 1.807) is 4.90 Å². The molecule has 0 aromatic rings. The lowest BCUT2D eigenvalue weighted by Gasteiger charge is -2.35. The van der Waals surface area contributed by atoms with Crippen molar-refractivity contribution >= 4 is 12.0 Å². The Balaban J connectivity index is 1.77. The summed E-state index contributed by atoms with van der Waals surface area (Å²) in [4.78, 5) is 26.9. The van der Waals surface area contributed by atoms with E-state index in [1.807, 2.05) is 0 Å². The molecule has 2 amide bonds. The number of rotatable bonds is 5. The van der Waals surface area contributed by atoms with E-state index >= 15 is 0 Å². The van der Waals surface area contributed by atoms with Gasteiger partial charge in [0, 0.05) is 32.7 Å². The van der Waals surface area contributed by atoms with Gasteiger partial charge in [0.1, 0.15) is 0 Å². The van der Waals surface area contributed by atoms with Crippen molar-refractivity contribution < 1.29 is 19.8 Å². The van der Waals surface area contributed by atoms with Gasteiger partial charge in [-0.15, -0.1) is 0 Å². The molecule has 0 radical (unpaired) electrons. The maximum absolute atomic E-state index is 12.0. The SMILES string of the molecule is C[C@@H](O)[C@H](NC(=O)N1CCN(CC2CC2)CC1)C(=O)O. The summed E-state index contributed by atoms with van der Waals surface area (Å²) in [5.74, 6) is -0.386. The molecule has 2 fully saturated rings. The number of aliphatic carboxylic acids is 1. The Morgan fingerprint density at radius 3 is 2.30 bits per heavy atom. The standard InChI is InChI=1S/C13H23N3O4/c1-9(17)11(12(18)19)14-13(20)16-6-4-15(5-7-16)8-10-2-3-10/h9-11,17H,2-8H2,1H3,(H,14,20)(H,18,19)/t9-,11+/m1/s1. The van der Waals surface area contributed by atoms with Gasteiger partial charge < -0.3 is 20.4 Å². The lowest BCUT2D eigenvalue weighted by atomic mass is 10.2. The maximum Gasteiger partial charge on any atom is 0.328 e. The van der Waals surface area contributed by atoms with E-state index in [0.29, 0.717) is 13.1 Å². The number of amides is 2. The molecule has 0 unspecified atom stereocenters. The van der Waals surface area contributed by atoms with Crippen LogP contribution in [0.3, 0.4) is 0 Å². The van der Waals surface area contributed by atoms with Gasteiger partial charge in [-0.1, -0.05) is 0 Å². The fourth-order valence-corrected chi connectivity index (χ4v) is 2.41. The lowest BCUT2D eigenvalue weighted by Crippen LogP contribution is -2.56. The minimum absolute atomic E-state index is 0.413. The summed E-state index contributed by atoms with van der Waals surface area (Å²) in [7, 11) is 0. The molecule has 2 aliphatic rings. The van der Waals surface area contributed by atoms with Crippen LogP contribution in [0, 0.1) is 5.92 Å². The molecule has 7 nitrogen and oxygen atoms in total. The van der Waals surface area contributed by atoms with Crippen molar-refractivity contribution in [3.63, 3.8) is 0 Å². The first-order chi connectivity index (χ1) is 9.47. The summed E-state index contributed by atoms with van der Waals surface area (Å²) < 4.78 is 0. The molecule has 2 atom stereocenters. The van der Waals surface area contributed by atoms with Crippen molar-refractivity contribution in [2.75, 3.05) is 32.7 Å². The topological polar surface area (TPSA) is 93.1 Å². The van der Waals surface area contributed by atoms with Crippen LogP contribution in [0.15, 0.2) is 0 Å². The summed E-state index contributed by atoms with van der Waals surface area (Å²) in [6.45, 7) is 5.33. The van der Waals surface area contributed by atoms with Crippen molar-refractivity contribution in [1.29, 1.82) is 0 Å². The van der Waals surface area contributed by atoms with Crippen LogP contribution in [-0.2, 0) is 4.79 Å². The number of urea groups is 1. The second kappa shape index (κ2) is 6.41. The van der Waals surface area contributed by atoms with Gasteiger partial charge in [0.05, 0.1) is 6.10 Å². The van der Waals surface area contributed by atoms with Gasteiger partial charge in [0.15, 0.2) is 6.04 Å². The highest BCUT2D eigenvalue weighted by atomic mass is 16.4. The first kappa shape index (κ1) is 15.1. The number of hydrogen-bond donors (Lipinski definition) is 3. The van der Waals surface area contributed by atoms with E-state index in [0.717, 1.165) is 25.6 Å². The van der Waals surface area contributed by atoms with Gasteiger partial charge in [0.2, 0.25) is 0 Å². The van der Waals surface area contributed by atoms with E-state index in [9.17, 15) is 14.7 Å². The van der Waals surface area contributed by atoms with Crippen molar-refractivity contribution in [2.45, 2.75) is 31.9 Å². The summed E-state index contributed by atoms with van der Waals surface area (Å²) in [6, 6.07) is -1.67. The monoisotopic (exact) mass is 285 g/mol. The summed E-state index contributed by atoms with van der Waals surface area (Å²) in [5.41, 5.74) is 0. The van der Waals surface area contributed by atoms with E-state index in [-0.39, 0.29) is 0 Å². The number of carboxylic acids is 1. The number of carboxylic acid groups (broad SMARTS) is 1. The van der Waals surface area contributed by atoms with Gasteiger partial charge >= 0.3 is 12.0 Å². The summed E-state index contributed by atoms with van der Waals surface area (Å²) in [6.07, 6.45) is 1.51. The number of carbonyl (C=O) groups excluding carboxylic acids is 1. The molecular weight excluding hydrogens is 262 g/mol. The first-order valence-electron chi connectivity index (χ1n) is 7.16. The Morgan fingerprint density at radius 1 is 1.25 bits per heavy atom. The Labute approximate surface area is 118 Å². The Morgan fingerprint density at radius 2 is 1.85 bits per heavy atom. The van der Waals surface area contributed by atoms with Crippen LogP contribution < -0.4 is 5.32 Å². The number of carbonyl (C=O) groups is 2. The van der Waals surface area contributed by atoms with E-state index in [4.69, 9.17) is 5.11 Å². The van der Waals surface area contributed by atoms with Crippen molar-refractivity contribution in [2.24, 2.45) is 5.92 Å². The molecule has 3 N–H and O–H groups in total. The largest absolute Gasteiger partial charge is 0.480 e. The average molecular weight is 285 g/mol. The number of aliphatic hydroxyl groups is 1. The number of nitrogens with zero attached hydrogens (tertiary/aromatic N) is 2. The smallest absolute Gasteiger partial charge is 0.328 e. The zero-order valence-electron chi connectivity index (χ0n) is 11.8. The van der Waals surface area contributed by atoms with Gasteiger partial charge in [-0.2, -0.15) is 0 Å². The molecule has 0 aromatic carbocycles. The fourth-order valence-electron chi connectivity index (χ4n) is 2.41. The molecule has 1 saturated carbocycles. The van der Waals surface area contributed by atoms with Crippen LogP contribution in [0.25, 0.3) is 0 Å². The fraction of sp³-hybridized carbons (Fsp3) is 0.846. The quantitative estimate of drug-likeness (QED) is 0.636. The molecule has 1 heterocycles. The molecule has 0 spiro atoms. The predicted molar refractivity (Wildman–Crippen MR) is 72.4 cm³/mol. The minimum atomic E-state index is -1.26. The first-order valence-corrected chi connectivity index (χ1v) is 7.16. The maximum atomic E-state index is 12.0. The highest BCUT2D eigenvalue weighted by Gasteiger charge is 2.30. The van der Waals surface area contributed by atoms with E-state index in [2.05, 4.69) is 10.2 Å². The zero-order chi connectivity index (χ0) is 14.7. The number of nitrogens with one attached hydrogen (secondary N) is 1. The molecule has 2 rings (SSSR count). The Bertz CT molecular complexity index is 363. The van der Waals surface area contributed by atoms with Gasteiger partial charge in [-0.25, -0.2) is 9.59 Å². The zero-order valence-corrected chi connectivity index (χ0v) is 11.8. The Kier molecular flexibility index (Phi) is 4.82. The molecule has 114 valence electrons. The molecule has 1 aliphatic carbocycles. The molecule has 0 aromatic heterocycles. The summed E-state index contributed by atoms with van der Waals surface area (Å²) >= 11 is 0. The van der Waals surface area contributed by atoms with Crippen molar-refractivity contribution in [1.82, 2.24) is 15.1 Å². The third-order valence-corrected chi connectivity index (χ3v) is 3.90. The van der Waals surface area contributed by atoms with E-state index < -0.39 is 24.1 Å². The van der Waals surface area contributed by atoms with Gasteiger partial charge in [-0.05, 0) is 25.7 Å². The third kappa shape index (κ3) is 4.08. The molecule has 7 heteroatoms. The average Bonchev–Trinajstić information content (AvgIpc) is 3.19. The molecule has 0 bridgehead atoms. The lowest BCUT2D eigenvalue weighted by molar-refractivity contribution is -0.141. The number of piperazine rings is 1. The Hall–Kier alpha value is -1.34. The molecule has 1 aliphatic heterocycles. The molecule has 1 saturated heterocycles. The van der Waals surface area contributed by atoms with Gasteiger partial charge in [0.25, 0.3) is 0 Å². The number of aliphatic hydroxyl groups excluding tert-OH is 1. The van der Waals surface area contributed by atoms with E-state index in [1.165, 1.54) is 19.8 Å². The minimum Gasteiger partial charge on any atom is -0.480 e. The second-order valence-electron chi connectivity index (χ2n) is 5.74.